The zero-order valence-corrected chi connectivity index (χ0v) is 10.9. The molecular formula is C16H12N2O2. The van der Waals surface area contributed by atoms with E-state index >= 15 is 0 Å². The number of benzene rings is 2. The quantitative estimate of drug-likeness (QED) is 0.675. The largest absolute Gasteiger partial charge is 0.452 e. The van der Waals surface area contributed by atoms with E-state index < -0.39 is 0 Å². The van der Waals surface area contributed by atoms with Crippen LogP contribution < -0.4 is 10.1 Å². The molecular weight excluding hydrogens is 252 g/mol. The molecule has 4 nitrogen and oxygen atoms in total. The standard InChI is InChI=1S/C16H12N2O2/c1-18-12-8-4-2-6-10(12)15-14(18)16(19)17-11-7-3-5-9-13(11)20-15/h2-9H,1H3,(H,17,19). The molecule has 3 aromatic rings. The molecule has 1 aliphatic rings. The minimum atomic E-state index is -0.149. The van der Waals surface area contributed by atoms with Gasteiger partial charge in [0.25, 0.3) is 5.91 Å². The van der Waals surface area contributed by atoms with Gasteiger partial charge in [-0.15, -0.1) is 0 Å². The second-order valence-corrected chi connectivity index (χ2v) is 4.81. The summed E-state index contributed by atoms with van der Waals surface area (Å²) >= 11 is 0. The van der Waals surface area contributed by atoms with Gasteiger partial charge in [0.2, 0.25) is 0 Å². The van der Waals surface area contributed by atoms with Gasteiger partial charge in [-0.1, -0.05) is 24.3 Å². The van der Waals surface area contributed by atoms with Crippen LogP contribution in [0.3, 0.4) is 0 Å². The summed E-state index contributed by atoms with van der Waals surface area (Å²) in [5.41, 5.74) is 2.22. The minimum absolute atomic E-state index is 0.149. The van der Waals surface area contributed by atoms with E-state index in [1.54, 1.807) is 0 Å². The van der Waals surface area contributed by atoms with Crippen LogP contribution in [0.5, 0.6) is 11.5 Å². The number of ether oxygens (including phenoxy) is 1. The fourth-order valence-electron chi connectivity index (χ4n) is 2.67. The predicted octanol–water partition coefficient (Wildman–Crippen LogP) is 3.54. The number of rotatable bonds is 0. The van der Waals surface area contributed by atoms with Crippen LogP contribution in [-0.2, 0) is 7.05 Å². The number of carbonyl (C=O) groups is 1. The molecule has 0 aliphatic carbocycles. The molecule has 1 N–H and O–H groups in total. The zero-order valence-electron chi connectivity index (χ0n) is 10.9. The highest BCUT2D eigenvalue weighted by atomic mass is 16.5. The number of aromatic nitrogens is 1. The van der Waals surface area contributed by atoms with Crippen LogP contribution in [0.1, 0.15) is 10.5 Å². The Morgan fingerprint density at radius 2 is 1.80 bits per heavy atom. The first-order valence-corrected chi connectivity index (χ1v) is 6.41. The summed E-state index contributed by atoms with van der Waals surface area (Å²) in [7, 11) is 1.88. The maximum absolute atomic E-state index is 12.4. The van der Waals surface area contributed by atoms with Crippen molar-refractivity contribution in [3.63, 3.8) is 0 Å². The first kappa shape index (κ1) is 11.1. The first-order valence-electron chi connectivity index (χ1n) is 6.41. The zero-order chi connectivity index (χ0) is 13.7. The third-order valence-corrected chi connectivity index (χ3v) is 3.62. The molecule has 0 spiro atoms. The Labute approximate surface area is 115 Å². The molecule has 20 heavy (non-hydrogen) atoms. The molecule has 98 valence electrons. The van der Waals surface area contributed by atoms with Crippen LogP contribution in [0, 0.1) is 0 Å². The highest BCUT2D eigenvalue weighted by Crippen LogP contribution is 2.40. The van der Waals surface area contributed by atoms with Crippen molar-refractivity contribution in [2.24, 2.45) is 7.05 Å². The van der Waals surface area contributed by atoms with Gasteiger partial charge >= 0.3 is 0 Å². The van der Waals surface area contributed by atoms with Gasteiger partial charge in [-0.2, -0.15) is 0 Å². The van der Waals surface area contributed by atoms with Gasteiger partial charge in [-0.05, 0) is 24.3 Å². The van der Waals surface area contributed by atoms with Gasteiger partial charge in [0.05, 0.1) is 11.2 Å². The fraction of sp³-hybridized carbons (Fsp3) is 0.0625. The molecule has 0 bridgehead atoms. The number of hydrogen-bond donors (Lipinski definition) is 1. The van der Waals surface area contributed by atoms with Gasteiger partial charge in [0, 0.05) is 12.4 Å². The van der Waals surface area contributed by atoms with Crippen molar-refractivity contribution in [3.8, 4) is 11.5 Å². The maximum atomic E-state index is 12.4. The van der Waals surface area contributed by atoms with Crippen molar-refractivity contribution in [1.82, 2.24) is 4.57 Å². The summed E-state index contributed by atoms with van der Waals surface area (Å²) in [4.78, 5) is 12.4. The SMILES string of the molecule is Cn1c2c(c3ccccc31)Oc1ccccc1NC2=O. The van der Waals surface area contributed by atoms with Crippen LogP contribution >= 0.6 is 0 Å². The summed E-state index contributed by atoms with van der Waals surface area (Å²) in [5, 5.41) is 3.84. The molecule has 2 aromatic carbocycles. The Hall–Kier alpha value is -2.75. The molecule has 0 saturated carbocycles. The minimum Gasteiger partial charge on any atom is -0.452 e. The molecule has 0 fully saturated rings. The normalized spacial score (nSPS) is 13.2. The molecule has 0 atom stereocenters. The highest BCUT2D eigenvalue weighted by molar-refractivity contribution is 6.11. The van der Waals surface area contributed by atoms with Crippen LogP contribution in [0.15, 0.2) is 48.5 Å². The summed E-state index contributed by atoms with van der Waals surface area (Å²) in [5.74, 6) is 1.13. The van der Waals surface area contributed by atoms with Gasteiger partial charge in [0.15, 0.2) is 17.2 Å². The van der Waals surface area contributed by atoms with Crippen molar-refractivity contribution in [2.75, 3.05) is 5.32 Å². The topological polar surface area (TPSA) is 43.3 Å². The number of nitrogens with one attached hydrogen (secondary N) is 1. The molecule has 4 heteroatoms. The second kappa shape index (κ2) is 3.87. The number of hydrogen-bond acceptors (Lipinski definition) is 2. The van der Waals surface area contributed by atoms with Crippen molar-refractivity contribution in [3.05, 3.63) is 54.2 Å². The van der Waals surface area contributed by atoms with E-state index in [9.17, 15) is 4.79 Å². The maximum Gasteiger partial charge on any atom is 0.276 e. The van der Waals surface area contributed by atoms with Gasteiger partial charge in [-0.3, -0.25) is 4.79 Å². The molecule has 0 saturated heterocycles. The van der Waals surface area contributed by atoms with E-state index in [4.69, 9.17) is 4.74 Å². The lowest BCUT2D eigenvalue weighted by Gasteiger charge is -2.06. The van der Waals surface area contributed by atoms with Crippen LogP contribution in [0.2, 0.25) is 0 Å². The monoisotopic (exact) mass is 264 g/mol. The molecule has 0 radical (unpaired) electrons. The Morgan fingerprint density at radius 3 is 2.70 bits per heavy atom. The molecule has 2 heterocycles. The molecule has 1 aliphatic heterocycles. The number of carbonyl (C=O) groups excluding carboxylic acids is 1. The van der Waals surface area contributed by atoms with Crippen molar-refractivity contribution in [1.29, 1.82) is 0 Å². The van der Waals surface area contributed by atoms with E-state index in [0.717, 1.165) is 10.9 Å². The van der Waals surface area contributed by atoms with Crippen molar-refractivity contribution >= 4 is 22.5 Å². The number of amides is 1. The Bertz CT molecular complexity index is 849. The lowest BCUT2D eigenvalue weighted by Crippen LogP contribution is -2.14. The number of para-hydroxylation sites is 3. The van der Waals surface area contributed by atoms with Crippen LogP contribution in [-0.4, -0.2) is 10.5 Å². The summed E-state index contributed by atoms with van der Waals surface area (Å²) in [6, 6.07) is 15.3. The predicted molar refractivity (Wildman–Crippen MR) is 77.4 cm³/mol. The lowest BCUT2D eigenvalue weighted by molar-refractivity contribution is 0.101. The van der Waals surface area contributed by atoms with Gasteiger partial charge in [-0.25, -0.2) is 0 Å². The van der Waals surface area contributed by atoms with E-state index in [-0.39, 0.29) is 5.91 Å². The third-order valence-electron chi connectivity index (χ3n) is 3.62. The molecule has 1 amide bonds. The summed E-state index contributed by atoms with van der Waals surface area (Å²) in [6.07, 6.45) is 0. The smallest absolute Gasteiger partial charge is 0.276 e. The number of aryl methyl sites for hydroxylation is 1. The van der Waals surface area contributed by atoms with Crippen LogP contribution in [0.25, 0.3) is 10.9 Å². The fourth-order valence-corrected chi connectivity index (χ4v) is 2.67. The molecule has 1 aromatic heterocycles. The average Bonchev–Trinajstić information content (AvgIpc) is 2.65. The second-order valence-electron chi connectivity index (χ2n) is 4.81. The van der Waals surface area contributed by atoms with Gasteiger partial charge < -0.3 is 14.6 Å². The number of fused-ring (bicyclic) bond motifs is 4. The van der Waals surface area contributed by atoms with Gasteiger partial charge in [0.1, 0.15) is 0 Å². The average molecular weight is 264 g/mol. The van der Waals surface area contributed by atoms with Crippen molar-refractivity contribution < 1.29 is 9.53 Å². The molecule has 4 rings (SSSR count). The summed E-state index contributed by atoms with van der Waals surface area (Å²) < 4.78 is 7.87. The van der Waals surface area contributed by atoms with E-state index in [1.165, 1.54) is 0 Å². The summed E-state index contributed by atoms with van der Waals surface area (Å²) in [6.45, 7) is 0. The Kier molecular flexibility index (Phi) is 2.15. The third kappa shape index (κ3) is 1.39. The van der Waals surface area contributed by atoms with Crippen molar-refractivity contribution in [2.45, 2.75) is 0 Å². The number of anilines is 1. The van der Waals surface area contributed by atoms with E-state index in [1.807, 2.05) is 60.1 Å². The Balaban J connectivity index is 2.06. The van der Waals surface area contributed by atoms with E-state index in [2.05, 4.69) is 5.32 Å². The highest BCUT2D eigenvalue weighted by Gasteiger charge is 2.27. The number of nitrogens with zero attached hydrogens (tertiary/aromatic N) is 1. The lowest BCUT2D eigenvalue weighted by atomic mass is 10.2. The first-order chi connectivity index (χ1) is 9.75. The Morgan fingerprint density at radius 1 is 1.05 bits per heavy atom. The van der Waals surface area contributed by atoms with Crippen LogP contribution in [0.4, 0.5) is 5.69 Å². The molecule has 0 unspecified atom stereocenters. The van der Waals surface area contributed by atoms with E-state index in [0.29, 0.717) is 22.9 Å².